The van der Waals surface area contributed by atoms with Crippen LogP contribution in [0.2, 0.25) is 0 Å². The summed E-state index contributed by atoms with van der Waals surface area (Å²) >= 11 is 0. The summed E-state index contributed by atoms with van der Waals surface area (Å²) in [6.07, 6.45) is 11.9. The fourth-order valence-electron chi connectivity index (χ4n) is 4.47. The molecular weight excluding hydrogens is 506 g/mol. The van der Waals surface area contributed by atoms with Gasteiger partial charge in [0.15, 0.2) is 5.89 Å². The van der Waals surface area contributed by atoms with Crippen molar-refractivity contribution in [1.82, 2.24) is 4.98 Å². The van der Waals surface area contributed by atoms with Crippen LogP contribution in [0.15, 0.2) is 77.5 Å². The highest BCUT2D eigenvalue weighted by Gasteiger charge is 2.31. The molecule has 7 heteroatoms. The molecule has 220 valence electrons. The van der Waals surface area contributed by atoms with Crippen molar-refractivity contribution in [3.05, 3.63) is 90.2 Å². The van der Waals surface area contributed by atoms with E-state index in [0.29, 0.717) is 18.9 Å². The number of benzene rings is 1. The Morgan fingerprint density at radius 2 is 1.70 bits per heavy atom. The first kappa shape index (κ1) is 33.2. The van der Waals surface area contributed by atoms with Gasteiger partial charge >= 0.3 is 0 Å². The largest absolute Gasteiger partial charge is 0.497 e. The fraction of sp³-hybridized carbons (Fsp3) is 0.485. The third-order valence-electron chi connectivity index (χ3n) is 7.05. The Balaban J connectivity index is 2.22. The van der Waals surface area contributed by atoms with Gasteiger partial charge in [0.05, 0.1) is 32.0 Å². The van der Waals surface area contributed by atoms with Gasteiger partial charge in [0.1, 0.15) is 24.5 Å². The molecule has 0 spiro atoms. The maximum atomic E-state index is 6.56. The summed E-state index contributed by atoms with van der Waals surface area (Å²) in [6, 6.07) is 7.92. The van der Waals surface area contributed by atoms with Crippen LogP contribution in [0.5, 0.6) is 5.75 Å². The van der Waals surface area contributed by atoms with Crippen LogP contribution in [0, 0.1) is 18.8 Å². The summed E-state index contributed by atoms with van der Waals surface area (Å²) in [5, 5.41) is 0. The normalized spacial score (nSPS) is 16.5. The number of hydrogen-bond acceptors (Lipinski definition) is 7. The number of nitrogens with zero attached hydrogens (tertiary/aromatic N) is 1. The van der Waals surface area contributed by atoms with Gasteiger partial charge in [-0.25, -0.2) is 4.98 Å². The second kappa shape index (κ2) is 17.7. The molecule has 1 aromatic carbocycles. The molecule has 0 amide bonds. The van der Waals surface area contributed by atoms with E-state index < -0.39 is 0 Å². The van der Waals surface area contributed by atoms with Gasteiger partial charge in [0.25, 0.3) is 0 Å². The number of rotatable bonds is 18. The smallest absolute Gasteiger partial charge is 0.191 e. The molecule has 2 aromatic rings. The van der Waals surface area contributed by atoms with E-state index in [1.165, 1.54) is 0 Å². The zero-order valence-electron chi connectivity index (χ0n) is 25.4. The van der Waals surface area contributed by atoms with Gasteiger partial charge in [0.2, 0.25) is 0 Å². The lowest BCUT2D eigenvalue weighted by Crippen LogP contribution is -2.38. The predicted molar refractivity (Wildman–Crippen MR) is 160 cm³/mol. The highest BCUT2D eigenvalue weighted by atomic mass is 16.7. The number of hydrogen-bond donors (Lipinski definition) is 0. The molecule has 0 N–H and O–H groups in total. The van der Waals surface area contributed by atoms with E-state index in [1.807, 2.05) is 62.4 Å². The van der Waals surface area contributed by atoms with Gasteiger partial charge < -0.3 is 28.1 Å². The highest BCUT2D eigenvalue weighted by Crippen LogP contribution is 2.28. The second-order valence-electron chi connectivity index (χ2n) is 10.1. The van der Waals surface area contributed by atoms with E-state index in [2.05, 4.69) is 38.4 Å². The van der Waals surface area contributed by atoms with Crippen LogP contribution in [0.1, 0.15) is 51.3 Å². The van der Waals surface area contributed by atoms with E-state index in [4.69, 9.17) is 28.1 Å². The maximum Gasteiger partial charge on any atom is 0.191 e. The van der Waals surface area contributed by atoms with Gasteiger partial charge in [-0.3, -0.25) is 0 Å². The minimum atomic E-state index is -0.157. The zero-order valence-corrected chi connectivity index (χ0v) is 25.4. The minimum Gasteiger partial charge on any atom is -0.497 e. The summed E-state index contributed by atoms with van der Waals surface area (Å²) in [5.41, 5.74) is 4.03. The Morgan fingerprint density at radius 3 is 2.27 bits per heavy atom. The molecule has 0 saturated carbocycles. The first-order valence-corrected chi connectivity index (χ1v) is 13.7. The molecule has 0 unspecified atom stereocenters. The topological polar surface area (TPSA) is 72.2 Å². The van der Waals surface area contributed by atoms with Crippen LogP contribution in [0.3, 0.4) is 0 Å². The van der Waals surface area contributed by atoms with Crippen molar-refractivity contribution in [2.24, 2.45) is 11.8 Å². The number of methoxy groups -OCH3 is 3. The summed E-state index contributed by atoms with van der Waals surface area (Å²) < 4.78 is 34.4. The van der Waals surface area contributed by atoms with Crippen molar-refractivity contribution < 1.29 is 28.1 Å². The average Bonchev–Trinajstić information content (AvgIpc) is 3.41. The summed E-state index contributed by atoms with van der Waals surface area (Å²) in [5.74, 6) is 1.63. The van der Waals surface area contributed by atoms with E-state index in [1.54, 1.807) is 27.6 Å². The monoisotopic (exact) mass is 553 g/mol. The van der Waals surface area contributed by atoms with Crippen molar-refractivity contribution >= 4 is 5.57 Å². The number of ether oxygens (including phenoxy) is 5. The Kier molecular flexibility index (Phi) is 14.7. The second-order valence-corrected chi connectivity index (χ2v) is 10.1. The standard InChI is InChI=1S/C33H47NO6/c1-10-23(2)31(40-22-35-7)19-32(39-20-28-15-17-29(36-8)18-16-28)26(5)33(37-9)25(4)14-12-11-13-24(3)30-21-38-27(6)34-30/h10-18,21,23,26,31-33H,1,19-20,22H2,2-9H3/b12-11+,24-13+,25-14+/t23-,26-,31-,32-,33-/m0/s1. The fourth-order valence-corrected chi connectivity index (χ4v) is 4.47. The lowest BCUT2D eigenvalue weighted by Gasteiger charge is -2.34. The first-order chi connectivity index (χ1) is 19.2. The van der Waals surface area contributed by atoms with Crippen molar-refractivity contribution in [2.75, 3.05) is 28.1 Å². The summed E-state index contributed by atoms with van der Waals surface area (Å²) in [7, 11) is 5.03. The van der Waals surface area contributed by atoms with Crippen LogP contribution in [-0.4, -0.2) is 51.4 Å². The molecule has 0 radical (unpaired) electrons. The third-order valence-corrected chi connectivity index (χ3v) is 7.05. The van der Waals surface area contributed by atoms with Crippen LogP contribution in [0.4, 0.5) is 0 Å². The van der Waals surface area contributed by atoms with Crippen LogP contribution >= 0.6 is 0 Å². The highest BCUT2D eigenvalue weighted by molar-refractivity contribution is 5.61. The summed E-state index contributed by atoms with van der Waals surface area (Å²) in [6.45, 7) is 14.8. The Hall–Kier alpha value is -2.97. The van der Waals surface area contributed by atoms with E-state index in [9.17, 15) is 0 Å². The molecule has 7 nitrogen and oxygen atoms in total. The SMILES string of the molecule is C=C[C@H](C)[C@H](C[C@H](OCc1ccc(OC)cc1)[C@H](C)[C@@H](OC)/C(C)=C/C=C/C=C(\C)c1coc(C)n1)OCOC. The molecule has 0 fully saturated rings. The average molecular weight is 554 g/mol. The van der Waals surface area contributed by atoms with Crippen molar-refractivity contribution in [3.8, 4) is 5.75 Å². The lowest BCUT2D eigenvalue weighted by molar-refractivity contribution is -0.117. The molecule has 0 aliphatic carbocycles. The van der Waals surface area contributed by atoms with Crippen molar-refractivity contribution in [2.45, 2.75) is 66.0 Å². The van der Waals surface area contributed by atoms with Gasteiger partial charge in [-0.15, -0.1) is 6.58 Å². The number of oxazole rings is 1. The number of aryl methyl sites for hydroxylation is 1. The van der Waals surface area contributed by atoms with Crippen LogP contribution < -0.4 is 4.74 Å². The molecule has 0 aliphatic heterocycles. The minimum absolute atomic E-state index is 0.0361. The number of allylic oxidation sites excluding steroid dienone is 5. The maximum absolute atomic E-state index is 6.56. The van der Waals surface area contributed by atoms with Gasteiger partial charge in [-0.1, -0.05) is 56.4 Å². The first-order valence-electron chi connectivity index (χ1n) is 13.7. The summed E-state index contributed by atoms with van der Waals surface area (Å²) in [4.78, 5) is 4.37. The quantitative estimate of drug-likeness (QED) is 0.109. The number of aromatic nitrogens is 1. The van der Waals surface area contributed by atoms with E-state index >= 15 is 0 Å². The zero-order chi connectivity index (χ0) is 29.5. The lowest BCUT2D eigenvalue weighted by atomic mass is 9.87. The Labute approximate surface area is 240 Å². The van der Waals surface area contributed by atoms with Gasteiger partial charge in [-0.2, -0.15) is 0 Å². The third kappa shape index (κ3) is 10.5. The molecule has 1 aromatic heterocycles. The Bertz CT molecular complexity index is 1100. The molecule has 5 atom stereocenters. The molecule has 2 rings (SSSR count). The Morgan fingerprint density at radius 1 is 1.00 bits per heavy atom. The molecule has 0 aliphatic rings. The molecule has 40 heavy (non-hydrogen) atoms. The van der Waals surface area contributed by atoms with E-state index in [-0.39, 0.29) is 36.9 Å². The molecule has 0 bridgehead atoms. The van der Waals surface area contributed by atoms with Gasteiger partial charge in [-0.05, 0) is 42.7 Å². The van der Waals surface area contributed by atoms with E-state index in [0.717, 1.165) is 28.2 Å². The molecule has 1 heterocycles. The molecular formula is C33H47NO6. The van der Waals surface area contributed by atoms with Gasteiger partial charge in [0, 0.05) is 39.4 Å². The molecule has 0 saturated heterocycles. The van der Waals surface area contributed by atoms with Crippen molar-refractivity contribution in [1.29, 1.82) is 0 Å². The van der Waals surface area contributed by atoms with Crippen LogP contribution in [0.25, 0.3) is 5.57 Å². The predicted octanol–water partition coefficient (Wildman–Crippen LogP) is 7.34. The van der Waals surface area contributed by atoms with Crippen LogP contribution in [-0.2, 0) is 25.6 Å². The van der Waals surface area contributed by atoms with Crippen molar-refractivity contribution in [3.63, 3.8) is 0 Å².